The zero-order valence-corrected chi connectivity index (χ0v) is 12.7. The van der Waals surface area contributed by atoms with Crippen molar-refractivity contribution >= 4 is 0 Å². The van der Waals surface area contributed by atoms with Crippen LogP contribution in [0.15, 0.2) is 60.7 Å². The van der Waals surface area contributed by atoms with E-state index in [1.165, 1.54) is 5.56 Å². The smallest absolute Gasteiger partial charge is 0.0986 e. The molecular weight excluding hydrogens is 256 g/mol. The maximum absolute atomic E-state index is 9.91. The number of nitriles is 1. The normalized spacial score (nSPS) is 13.6. The molecule has 108 valence electrons. The van der Waals surface area contributed by atoms with Crippen molar-refractivity contribution < 1.29 is 0 Å². The minimum Gasteiger partial charge on any atom is -0.313 e. The molecule has 0 amide bonds. The maximum Gasteiger partial charge on any atom is 0.0986 e. The number of hydrogen-bond donors (Lipinski definition) is 1. The Hall–Kier alpha value is -2.11. The van der Waals surface area contributed by atoms with Gasteiger partial charge in [-0.1, -0.05) is 74.5 Å². The van der Waals surface area contributed by atoms with Gasteiger partial charge in [-0.15, -0.1) is 0 Å². The van der Waals surface area contributed by atoms with Crippen LogP contribution in [0.2, 0.25) is 0 Å². The quantitative estimate of drug-likeness (QED) is 0.874. The van der Waals surface area contributed by atoms with E-state index in [0.29, 0.717) is 19.0 Å². The van der Waals surface area contributed by atoms with Crippen molar-refractivity contribution in [2.75, 3.05) is 6.54 Å². The molecule has 1 N–H and O–H groups in total. The Balaban J connectivity index is 2.35. The number of rotatable bonds is 6. The Morgan fingerprint density at radius 2 is 1.57 bits per heavy atom. The van der Waals surface area contributed by atoms with Crippen molar-refractivity contribution in [1.29, 1.82) is 5.26 Å². The van der Waals surface area contributed by atoms with E-state index in [4.69, 9.17) is 0 Å². The summed E-state index contributed by atoms with van der Waals surface area (Å²) in [6, 6.07) is 23.3. The van der Waals surface area contributed by atoms with Crippen LogP contribution in [0.5, 0.6) is 0 Å². The van der Waals surface area contributed by atoms with E-state index in [1.54, 1.807) is 0 Å². The second-order valence-corrected chi connectivity index (χ2v) is 5.76. The summed E-state index contributed by atoms with van der Waals surface area (Å²) < 4.78 is 0. The van der Waals surface area contributed by atoms with Gasteiger partial charge in [-0.3, -0.25) is 0 Å². The number of hydrogen-bond acceptors (Lipinski definition) is 2. The van der Waals surface area contributed by atoms with Crippen molar-refractivity contribution in [2.45, 2.75) is 31.7 Å². The zero-order valence-electron chi connectivity index (χ0n) is 12.7. The highest BCUT2D eigenvalue weighted by Gasteiger charge is 2.32. The Morgan fingerprint density at radius 1 is 1.00 bits per heavy atom. The molecule has 0 aromatic heterocycles. The zero-order chi connectivity index (χ0) is 15.1. The lowest BCUT2D eigenvalue weighted by Gasteiger charge is -2.29. The molecule has 0 spiro atoms. The fraction of sp³-hybridized carbons (Fsp3) is 0.316. The lowest BCUT2D eigenvalue weighted by molar-refractivity contribution is 0.456. The first-order valence-corrected chi connectivity index (χ1v) is 7.40. The summed E-state index contributed by atoms with van der Waals surface area (Å²) in [6.45, 7) is 4.87. The molecule has 2 nitrogen and oxygen atoms in total. The summed E-state index contributed by atoms with van der Waals surface area (Å²) in [5.41, 5.74) is 1.73. The van der Waals surface area contributed by atoms with Gasteiger partial charge in [0.25, 0.3) is 0 Å². The van der Waals surface area contributed by atoms with E-state index in [9.17, 15) is 5.26 Å². The molecule has 0 heterocycles. The minimum absolute atomic E-state index is 0.359. The molecule has 1 atom stereocenters. The summed E-state index contributed by atoms with van der Waals surface area (Å²) in [5, 5.41) is 13.3. The first-order valence-electron chi connectivity index (χ1n) is 7.40. The van der Waals surface area contributed by atoms with Crippen molar-refractivity contribution in [2.24, 2.45) is 0 Å². The summed E-state index contributed by atoms with van der Waals surface area (Å²) in [5.74, 6) is 0. The van der Waals surface area contributed by atoms with Crippen LogP contribution in [-0.4, -0.2) is 12.6 Å². The van der Waals surface area contributed by atoms with Gasteiger partial charge in [0.2, 0.25) is 0 Å². The fourth-order valence-corrected chi connectivity index (χ4v) is 2.49. The third kappa shape index (κ3) is 3.93. The standard InChI is InChI=1S/C19H22N2/c1-16(2)21-15-19(14-20,18-11-7-4-8-12-18)13-17-9-5-3-6-10-17/h3-12,16,21H,13,15H2,1-2H3. The second-order valence-electron chi connectivity index (χ2n) is 5.76. The predicted octanol–water partition coefficient (Wildman–Crippen LogP) is 3.69. The van der Waals surface area contributed by atoms with E-state index in [0.717, 1.165) is 5.56 Å². The Morgan fingerprint density at radius 3 is 2.10 bits per heavy atom. The molecule has 2 rings (SSSR count). The lowest BCUT2D eigenvalue weighted by Crippen LogP contribution is -2.41. The van der Waals surface area contributed by atoms with Crippen LogP contribution in [0.3, 0.4) is 0 Å². The Bertz CT molecular complexity index is 584. The molecule has 0 radical (unpaired) electrons. The Labute approximate surface area is 127 Å². The molecule has 0 aliphatic heterocycles. The van der Waals surface area contributed by atoms with Crippen LogP contribution in [0.1, 0.15) is 25.0 Å². The van der Waals surface area contributed by atoms with Gasteiger partial charge < -0.3 is 5.32 Å². The van der Waals surface area contributed by atoms with Gasteiger partial charge in [-0.05, 0) is 17.5 Å². The van der Waals surface area contributed by atoms with E-state index in [-0.39, 0.29) is 0 Å². The van der Waals surface area contributed by atoms with Crippen LogP contribution in [0.25, 0.3) is 0 Å². The van der Waals surface area contributed by atoms with Crippen molar-refractivity contribution in [1.82, 2.24) is 5.32 Å². The average molecular weight is 278 g/mol. The summed E-state index contributed by atoms with van der Waals surface area (Å²) in [7, 11) is 0. The van der Waals surface area contributed by atoms with Gasteiger partial charge in [0.1, 0.15) is 0 Å². The van der Waals surface area contributed by atoms with Gasteiger partial charge in [-0.2, -0.15) is 5.26 Å². The van der Waals surface area contributed by atoms with Gasteiger partial charge in [0, 0.05) is 12.6 Å². The van der Waals surface area contributed by atoms with Gasteiger partial charge in [0.05, 0.1) is 11.5 Å². The van der Waals surface area contributed by atoms with E-state index >= 15 is 0 Å². The summed E-state index contributed by atoms with van der Waals surface area (Å²) in [4.78, 5) is 0. The fourth-order valence-electron chi connectivity index (χ4n) is 2.49. The minimum atomic E-state index is -0.535. The molecule has 21 heavy (non-hydrogen) atoms. The summed E-state index contributed by atoms with van der Waals surface area (Å²) in [6.07, 6.45) is 0.716. The third-order valence-corrected chi connectivity index (χ3v) is 3.70. The van der Waals surface area contributed by atoms with Crippen LogP contribution in [0, 0.1) is 11.3 Å². The van der Waals surface area contributed by atoms with E-state index < -0.39 is 5.41 Å². The molecular formula is C19H22N2. The van der Waals surface area contributed by atoms with Gasteiger partial charge in [0.15, 0.2) is 0 Å². The van der Waals surface area contributed by atoms with Crippen LogP contribution >= 0.6 is 0 Å². The molecule has 2 aromatic rings. The third-order valence-electron chi connectivity index (χ3n) is 3.70. The SMILES string of the molecule is CC(C)NCC(C#N)(Cc1ccccc1)c1ccccc1. The van der Waals surface area contributed by atoms with Crippen molar-refractivity contribution in [3.05, 3.63) is 71.8 Å². The number of nitrogens with zero attached hydrogens (tertiary/aromatic N) is 1. The predicted molar refractivity (Wildman–Crippen MR) is 87.0 cm³/mol. The summed E-state index contributed by atoms with van der Waals surface area (Å²) >= 11 is 0. The molecule has 0 aliphatic rings. The largest absolute Gasteiger partial charge is 0.313 e. The molecule has 1 unspecified atom stereocenters. The van der Waals surface area contributed by atoms with Crippen molar-refractivity contribution in [3.63, 3.8) is 0 Å². The maximum atomic E-state index is 9.91. The first kappa shape index (κ1) is 15.3. The van der Waals surface area contributed by atoms with Crippen LogP contribution in [0.4, 0.5) is 0 Å². The molecule has 0 bridgehead atoms. The molecule has 0 saturated heterocycles. The first-order chi connectivity index (χ1) is 10.2. The molecule has 2 aromatic carbocycles. The highest BCUT2D eigenvalue weighted by Crippen LogP contribution is 2.27. The molecule has 0 aliphatic carbocycles. The number of benzene rings is 2. The van der Waals surface area contributed by atoms with Crippen molar-refractivity contribution in [3.8, 4) is 6.07 Å². The topological polar surface area (TPSA) is 35.8 Å². The molecule has 0 fully saturated rings. The Kier molecular flexibility index (Phi) is 5.14. The van der Waals surface area contributed by atoms with Gasteiger partial charge in [-0.25, -0.2) is 0 Å². The molecule has 0 saturated carbocycles. The highest BCUT2D eigenvalue weighted by molar-refractivity contribution is 5.36. The van der Waals surface area contributed by atoms with Crippen LogP contribution < -0.4 is 5.32 Å². The average Bonchev–Trinajstić information content (AvgIpc) is 2.53. The second kappa shape index (κ2) is 7.06. The molecule has 2 heteroatoms. The number of nitrogens with one attached hydrogen (secondary N) is 1. The monoisotopic (exact) mass is 278 g/mol. The highest BCUT2D eigenvalue weighted by atomic mass is 14.9. The van der Waals surface area contributed by atoms with E-state index in [1.807, 2.05) is 48.5 Å². The van der Waals surface area contributed by atoms with E-state index in [2.05, 4.69) is 37.4 Å². The lowest BCUT2D eigenvalue weighted by atomic mass is 9.76. The van der Waals surface area contributed by atoms with Gasteiger partial charge >= 0.3 is 0 Å². The van der Waals surface area contributed by atoms with Crippen LogP contribution in [-0.2, 0) is 11.8 Å².